The minimum atomic E-state index is -3.80. The van der Waals surface area contributed by atoms with Crippen molar-refractivity contribution in [3.05, 3.63) is 250 Å². The number of carbonyl (C=O) groups is 2. The van der Waals surface area contributed by atoms with E-state index in [0.717, 1.165) is 159 Å². The second-order valence-corrected chi connectivity index (χ2v) is 45.7. The van der Waals surface area contributed by atoms with E-state index in [1.807, 2.05) is 71.4 Å². The standard InChI is InChI=1S/C20H19N5O2.C19H17ClN4O.C15H21N7.C15H16N6O2S2.C14H13FN6O2S2.C14H14N6O2S2.8H2/c1-27-18(26)10-16-14-11-21-19(13-5-3-2-4-6-13)23-20(14)22-17-9-15(12-7-8-12)24-25(16)17;1-11(25)16-8-13(4-5-17(16)20)19-21-7-6-14(22-19)9-15-10-18(24-23-15)12-2-3-12;1-21-6-8-22(9-7-21)15-16-5-4-13(18-15)17-14-10-12(19-20-14)11-2-3-11;1-16-25(22,23)14-5-4-11(24-14)15-17-7-6-12(19-15)18-13-8-10(20-21-13)9-2-3-9;15-8-6-17-14(10-3-4-12(24-10)25(16,22)23)19-13(8)18-11-5-9(20-21-11)7-1-2-7;15-24(21,22)13-4-3-10(23-13)14-16-6-5-11(18-14)17-12-7-9(19-20-12)8-1-2-8;;;;;;;;/h2-6,9,11-12,16H,7-8,10H2,1H3,(H,21,22,23);4-8,10,12H,2-3,9H2,1H3,(H,23,24);4-5,10-11H,2-3,6-9H2,1H3,(H2,16,17,18,19,20);4-9,16H,2-3H2,1H3,(H2,17,18,19,20,21);3-7H,1-2H2,(H2,16,22,23)(H2,17,18,19,20,21);3-8H,1-2H2,(H2,15,21,22)(H2,16,17,18,19,20);8*1H. The molecule has 2 aromatic carbocycles. The van der Waals surface area contributed by atoms with Crippen LogP contribution in [-0.2, 0) is 46.0 Å². The number of methoxy groups -OCH3 is 1. The summed E-state index contributed by atoms with van der Waals surface area (Å²) in [5, 5.41) is 67.5. The average molecular weight is 2150 g/mol. The van der Waals surface area contributed by atoms with Gasteiger partial charge in [-0.05, 0) is 183 Å². The molecule has 15 N–H and O–H groups in total. The van der Waals surface area contributed by atoms with Gasteiger partial charge in [-0.2, -0.15) is 35.6 Å². The van der Waals surface area contributed by atoms with Gasteiger partial charge in [0.25, 0.3) is 0 Å². The number of Topliss-reactive ketones (excluding diaryl/α,β-unsaturated/α-hetero) is 1. The molecular formula is C97H116ClFN34O9S6. The molecule has 25 rings (SSSR count). The Kier molecular flexibility index (Phi) is 29.6. The number of thiophene rings is 3. The van der Waals surface area contributed by atoms with Crippen molar-refractivity contribution >= 4 is 152 Å². The topological polar surface area (TPSA) is 592 Å². The first-order valence-electron chi connectivity index (χ1n) is 47.6. The molecule has 6 saturated carbocycles. The van der Waals surface area contributed by atoms with E-state index in [2.05, 4.69) is 172 Å². The third kappa shape index (κ3) is 25.5. The Labute approximate surface area is 876 Å². The number of rotatable bonds is 29. The van der Waals surface area contributed by atoms with Crippen LogP contribution < -0.4 is 46.5 Å². The van der Waals surface area contributed by atoms with Gasteiger partial charge in [-0.15, -0.1) is 34.0 Å². The van der Waals surface area contributed by atoms with Crippen molar-refractivity contribution in [2.24, 2.45) is 10.3 Å². The lowest BCUT2D eigenvalue weighted by Crippen LogP contribution is -2.45. The summed E-state index contributed by atoms with van der Waals surface area (Å²) >= 11 is 9.16. The Bertz CT molecular complexity index is 8090. The summed E-state index contributed by atoms with van der Waals surface area (Å²) in [5.41, 5.74) is 11.7. The fourth-order valence-electron chi connectivity index (χ4n) is 15.9. The van der Waals surface area contributed by atoms with Crippen LogP contribution in [0.3, 0.4) is 0 Å². The van der Waals surface area contributed by atoms with Crippen molar-refractivity contribution in [1.29, 1.82) is 0 Å². The van der Waals surface area contributed by atoms with E-state index in [1.54, 1.807) is 73.4 Å². The highest BCUT2D eigenvalue weighted by molar-refractivity contribution is 7.92. The molecule has 17 aromatic rings. The SMILES string of the molecule is CC(=O)c1cc(-c2nccc(Cc3cc(C4CC4)n[nH]3)n2)ccc1Cl.CN1CCN(c2nccc(Nc3cc(C4CC4)[nH]n3)n2)CC1.CNS(=O)(=O)c1ccc(-c2nccc(Nc3cc(C4CC4)[nH]n3)n2)s1.COC(=O)CC1c2cnc(-c3ccccc3)nc2Nc2cc(C3CC3)nn21.NS(=O)(=O)c1ccc(-c2ncc(F)c(Nc3cc(C4CC4)[nH]n3)n2)s1.NS(=O)(=O)c1ccc(-c2nccc(Nc3cc(C4CC4)[nH]n3)n2)s1.[HH].[HH].[HH].[HH].[HH].[HH].[HH].[HH]. The number of aromatic nitrogens is 24. The Morgan fingerprint density at radius 1 is 0.493 bits per heavy atom. The minimum Gasteiger partial charge on any atom is -0.469 e. The number of nitrogens with zero attached hydrogens (tertiary/aromatic N) is 21. The molecule has 6 aliphatic carbocycles. The molecule has 15 aromatic heterocycles. The lowest BCUT2D eigenvalue weighted by molar-refractivity contribution is -0.141. The number of nitrogens with two attached hydrogens (primary N) is 2. The number of benzene rings is 2. The summed E-state index contributed by atoms with van der Waals surface area (Å²) < 4.78 is 92.6. The highest BCUT2D eigenvalue weighted by Gasteiger charge is 2.37. The smallest absolute Gasteiger partial charge is 0.308 e. The zero-order valence-corrected chi connectivity index (χ0v) is 85.7. The van der Waals surface area contributed by atoms with E-state index in [-0.39, 0.29) is 59.9 Å². The second kappa shape index (κ2) is 43.7. The molecule has 0 bridgehead atoms. The van der Waals surface area contributed by atoms with Crippen LogP contribution >= 0.6 is 45.6 Å². The number of halogens is 2. The van der Waals surface area contributed by atoms with E-state index in [9.17, 15) is 39.2 Å². The van der Waals surface area contributed by atoms with E-state index in [4.69, 9.17) is 36.7 Å². The minimum absolute atomic E-state index is 0. The van der Waals surface area contributed by atoms with Crippen LogP contribution in [0.4, 0.5) is 68.5 Å². The Morgan fingerprint density at radius 3 is 1.50 bits per heavy atom. The fourth-order valence-corrected chi connectivity index (χ4v) is 21.6. The van der Waals surface area contributed by atoms with E-state index in [1.165, 1.54) is 109 Å². The Balaban J connectivity index is 0.000000163. The van der Waals surface area contributed by atoms with E-state index in [0.29, 0.717) is 125 Å². The number of ether oxygens (including phenoxy) is 1. The highest BCUT2D eigenvalue weighted by atomic mass is 35.5. The molecule has 2 aliphatic heterocycles. The van der Waals surface area contributed by atoms with Crippen molar-refractivity contribution in [2.75, 3.05) is 78.9 Å². The van der Waals surface area contributed by atoms with Gasteiger partial charge in [-0.3, -0.25) is 35.1 Å². The Morgan fingerprint density at radius 2 is 0.980 bits per heavy atom. The molecule has 148 heavy (non-hydrogen) atoms. The van der Waals surface area contributed by atoms with E-state index < -0.39 is 35.9 Å². The molecule has 8 aliphatic rings. The van der Waals surface area contributed by atoms with Gasteiger partial charge in [0.05, 0.1) is 62.5 Å². The second-order valence-electron chi connectivity index (χ2n) is 36.4. The van der Waals surface area contributed by atoms with Crippen molar-refractivity contribution in [3.63, 3.8) is 0 Å². The van der Waals surface area contributed by atoms with Gasteiger partial charge in [0.1, 0.15) is 41.7 Å². The summed E-state index contributed by atoms with van der Waals surface area (Å²) in [7, 11) is -6.04. The Hall–Kier alpha value is -14.9. The summed E-state index contributed by atoms with van der Waals surface area (Å²) in [6, 6.07) is 43.4. The maximum atomic E-state index is 14.0. The molecule has 0 spiro atoms. The zero-order valence-electron chi connectivity index (χ0n) is 80.0. The van der Waals surface area contributed by atoms with Crippen molar-refractivity contribution in [2.45, 2.75) is 151 Å². The predicted octanol–water partition coefficient (Wildman–Crippen LogP) is 18.1. The molecule has 1 atom stereocenters. The van der Waals surface area contributed by atoms with E-state index >= 15 is 0 Å². The van der Waals surface area contributed by atoms with Gasteiger partial charge in [-0.1, -0.05) is 41.9 Å². The number of ketones is 1. The van der Waals surface area contributed by atoms with Crippen molar-refractivity contribution < 1.29 is 55.4 Å². The highest BCUT2D eigenvalue weighted by Crippen LogP contribution is 2.47. The van der Waals surface area contributed by atoms with Crippen LogP contribution in [0.1, 0.15) is 205 Å². The summed E-state index contributed by atoms with van der Waals surface area (Å²) in [6.07, 6.45) is 24.8. The van der Waals surface area contributed by atoms with Crippen molar-refractivity contribution in [3.8, 4) is 54.9 Å². The van der Waals surface area contributed by atoms with Gasteiger partial charge in [0.2, 0.25) is 36.0 Å². The van der Waals surface area contributed by atoms with Gasteiger partial charge in [0, 0.05) is 192 Å². The van der Waals surface area contributed by atoms with Crippen molar-refractivity contribution in [1.82, 2.24) is 130 Å². The normalized spacial score (nSPS) is 15.8. The quantitative estimate of drug-likeness (QED) is 0.0153. The number of likely N-dealkylation sites (N-methyl/N-ethyl adjacent to an activating group) is 1. The maximum absolute atomic E-state index is 14.0. The van der Waals surface area contributed by atoms with Crippen LogP contribution in [0, 0.1) is 5.82 Å². The summed E-state index contributed by atoms with van der Waals surface area (Å²) in [4.78, 5) is 82.6. The van der Waals surface area contributed by atoms with Gasteiger partial charge in [0.15, 0.2) is 69.8 Å². The number of anilines is 11. The third-order valence-corrected chi connectivity index (χ3v) is 33.2. The van der Waals surface area contributed by atoms with Crippen LogP contribution in [0.25, 0.3) is 54.9 Å². The molecule has 778 valence electrons. The number of carbonyl (C=O) groups excluding carboxylic acids is 2. The molecule has 7 fully saturated rings. The average Bonchev–Trinajstić information content (AvgIpc) is 1.59. The first-order valence-corrected chi connectivity index (χ1v) is 55.0. The van der Waals surface area contributed by atoms with Crippen LogP contribution in [0.15, 0.2) is 195 Å². The number of primary sulfonamides is 2. The number of esters is 1. The number of piperazine rings is 1. The summed E-state index contributed by atoms with van der Waals surface area (Å²) in [5.74, 6) is 11.8. The molecule has 51 heteroatoms. The van der Waals surface area contributed by atoms with Gasteiger partial charge in [-0.25, -0.2) is 104 Å². The molecule has 0 amide bonds. The van der Waals surface area contributed by atoms with Crippen LogP contribution in [0.5, 0.6) is 0 Å². The molecule has 1 unspecified atom stereocenters. The lowest BCUT2D eigenvalue weighted by Gasteiger charge is -2.32. The number of nitrogens with one attached hydrogen (secondary N) is 11. The number of hydrogen-bond donors (Lipinski definition) is 13. The third-order valence-electron chi connectivity index (χ3n) is 24.9. The largest absolute Gasteiger partial charge is 0.469 e. The fraction of sp³-hybridized carbons (Fsp3) is 0.299. The first-order chi connectivity index (χ1) is 71.5. The lowest BCUT2D eigenvalue weighted by atomic mass is 10.0. The first kappa shape index (κ1) is 100. The van der Waals surface area contributed by atoms with Crippen LogP contribution in [-0.4, -0.2) is 210 Å². The molecule has 0 radical (unpaired) electrons. The number of H-pyrrole nitrogens is 5. The van der Waals surface area contributed by atoms with Gasteiger partial charge >= 0.3 is 5.97 Å². The number of sulfonamides is 3. The number of aromatic amines is 5. The molecule has 1 saturated heterocycles. The van der Waals surface area contributed by atoms with Gasteiger partial charge < -0.3 is 41.1 Å². The maximum Gasteiger partial charge on any atom is 0.308 e. The van der Waals surface area contributed by atoms with Crippen LogP contribution in [0.2, 0.25) is 5.02 Å². The number of fused-ring (bicyclic) bond motifs is 2. The zero-order chi connectivity index (χ0) is 102. The predicted molar refractivity (Wildman–Crippen MR) is 575 cm³/mol. The molecular weight excluding hydrogens is 2030 g/mol. The molecule has 17 heterocycles. The monoisotopic (exact) mass is 2150 g/mol. The summed E-state index contributed by atoms with van der Waals surface area (Å²) in [6.45, 7) is 5.52. The number of hydrogen-bond acceptors (Lipinski definition) is 37. The molecule has 43 nitrogen and oxygen atoms in total.